The summed E-state index contributed by atoms with van der Waals surface area (Å²) in [6.07, 6.45) is 0. The molecule has 0 atom stereocenters. The molecule has 0 fully saturated rings. The van der Waals surface area contributed by atoms with Gasteiger partial charge in [0, 0.05) is 0 Å². The number of hydrogen-bond donors (Lipinski definition) is 1. The average Bonchev–Trinajstić information content (AvgIpc) is 1.83. The van der Waals surface area contributed by atoms with Crippen molar-refractivity contribution in [3.8, 4) is 5.75 Å². The van der Waals surface area contributed by atoms with Crippen LogP contribution in [0.25, 0.3) is 0 Å². The second kappa shape index (κ2) is 2.43. The first-order valence-corrected chi connectivity index (χ1v) is 3.33. The van der Waals surface area contributed by atoms with E-state index in [-0.39, 0.29) is 0 Å². The van der Waals surface area contributed by atoms with Gasteiger partial charge in [-0.1, -0.05) is 22.6 Å². The third-order valence-electron chi connectivity index (χ3n) is 1.27. The second-order valence-electron chi connectivity index (χ2n) is 2.01. The summed E-state index contributed by atoms with van der Waals surface area (Å²) >= 11 is 2.47. The summed E-state index contributed by atoms with van der Waals surface area (Å²) in [5.74, 6) is 0.377. The van der Waals surface area contributed by atoms with Crippen LogP contribution in [0, 0.1) is 6.92 Å². The van der Waals surface area contributed by atoms with Gasteiger partial charge in [0.25, 0.3) is 0 Å². The van der Waals surface area contributed by atoms with E-state index in [4.69, 9.17) is 0 Å². The molecule has 0 amide bonds. The quantitative estimate of drug-likeness (QED) is 0.512. The van der Waals surface area contributed by atoms with Gasteiger partial charge in [0.2, 0.25) is 0 Å². The first-order chi connectivity index (χ1) is 4.22. The fourth-order valence-corrected chi connectivity index (χ4v) is 1.02. The summed E-state index contributed by atoms with van der Waals surface area (Å²) in [6.45, 7) is 1.88. The van der Waals surface area contributed by atoms with Crippen molar-refractivity contribution in [2.75, 3.05) is 0 Å². The molecular weight excluding hydrogens is 127 g/mol. The number of phenolic OH excluding ortho intramolecular Hbond substituents is 1. The summed E-state index contributed by atoms with van der Waals surface area (Å²) in [4.78, 5) is 0. The summed E-state index contributed by atoms with van der Waals surface area (Å²) in [5, 5.41) is 9.19. The molecule has 2 heteroatoms. The highest BCUT2D eigenvalue weighted by molar-refractivity contribution is 6.34. The molecule has 2 radical (unpaired) electrons. The van der Waals surface area contributed by atoms with Gasteiger partial charge < -0.3 is 5.11 Å². The van der Waals surface area contributed by atoms with Crippen LogP contribution in [-0.2, 0) is 0 Å². The monoisotopic (exact) mass is 134 g/mol. The Hall–Kier alpha value is -0.448. The van der Waals surface area contributed by atoms with Crippen LogP contribution in [-0.4, -0.2) is 21.4 Å². The number of benzene rings is 1. The van der Waals surface area contributed by atoms with E-state index in [1.165, 1.54) is 0 Å². The van der Waals surface area contributed by atoms with Crippen LogP contribution in [0.3, 0.4) is 0 Å². The molecule has 0 aromatic heterocycles. The maximum Gasteiger partial charge on any atom is 0.181 e. The lowest BCUT2D eigenvalue weighted by molar-refractivity contribution is 0.475. The maximum absolute atomic E-state index is 9.19. The highest BCUT2D eigenvalue weighted by Gasteiger charge is 1.93. The molecule has 1 aromatic carbocycles. The van der Waals surface area contributed by atoms with Crippen LogP contribution >= 0.6 is 0 Å². The minimum Gasteiger partial charge on any atom is -0.509 e. The molecular formula is C7H7AlO. The molecule has 1 N–H and O–H groups in total. The maximum atomic E-state index is 9.19. The average molecular weight is 134 g/mol. The topological polar surface area (TPSA) is 20.2 Å². The van der Waals surface area contributed by atoms with Crippen LogP contribution in [0.15, 0.2) is 18.2 Å². The van der Waals surface area contributed by atoms with Crippen molar-refractivity contribution >= 4 is 20.7 Å². The van der Waals surface area contributed by atoms with Crippen molar-refractivity contribution in [1.29, 1.82) is 0 Å². The molecule has 44 valence electrons. The Labute approximate surface area is 62.8 Å². The van der Waals surface area contributed by atoms with E-state index in [9.17, 15) is 5.11 Å². The number of para-hydroxylation sites is 1. The third-order valence-corrected chi connectivity index (χ3v) is 1.73. The number of phenols is 1. The van der Waals surface area contributed by atoms with E-state index < -0.39 is 0 Å². The Morgan fingerprint density at radius 3 is 2.56 bits per heavy atom. The largest absolute Gasteiger partial charge is 0.509 e. The Morgan fingerprint density at radius 2 is 2.11 bits per heavy atom. The molecule has 0 aliphatic rings. The summed E-state index contributed by atoms with van der Waals surface area (Å²) in [5.41, 5.74) is 0.919. The van der Waals surface area contributed by atoms with Crippen molar-refractivity contribution in [3.63, 3.8) is 0 Å². The number of rotatable bonds is 0. The van der Waals surface area contributed by atoms with Crippen molar-refractivity contribution in [2.45, 2.75) is 6.92 Å². The Kier molecular flexibility index (Phi) is 1.80. The second-order valence-corrected chi connectivity index (χ2v) is 2.63. The molecule has 1 aromatic rings. The zero-order valence-electron chi connectivity index (χ0n) is 5.26. The van der Waals surface area contributed by atoms with Gasteiger partial charge in [-0.15, -0.1) is 0 Å². The van der Waals surface area contributed by atoms with Gasteiger partial charge >= 0.3 is 0 Å². The molecule has 0 saturated heterocycles. The summed E-state index contributed by atoms with van der Waals surface area (Å²) in [7, 11) is 0. The van der Waals surface area contributed by atoms with Crippen LogP contribution < -0.4 is 4.43 Å². The normalized spacial score (nSPS) is 9.44. The smallest absolute Gasteiger partial charge is 0.181 e. The van der Waals surface area contributed by atoms with Crippen LogP contribution in [0.1, 0.15) is 5.56 Å². The van der Waals surface area contributed by atoms with Gasteiger partial charge in [0.1, 0.15) is 5.75 Å². The lowest BCUT2D eigenvalue weighted by Crippen LogP contribution is -2.02. The highest BCUT2D eigenvalue weighted by Crippen LogP contribution is 2.09. The van der Waals surface area contributed by atoms with Crippen LogP contribution in [0.5, 0.6) is 5.75 Å². The summed E-state index contributed by atoms with van der Waals surface area (Å²) < 4.78 is 0.856. The van der Waals surface area contributed by atoms with Crippen molar-refractivity contribution < 1.29 is 5.11 Å². The van der Waals surface area contributed by atoms with Gasteiger partial charge in [-0.2, -0.15) is 0 Å². The fourth-order valence-electron chi connectivity index (χ4n) is 0.682. The zero-order valence-corrected chi connectivity index (χ0v) is 6.41. The molecule has 0 bridgehead atoms. The van der Waals surface area contributed by atoms with E-state index in [0.29, 0.717) is 5.75 Å². The molecule has 9 heavy (non-hydrogen) atoms. The van der Waals surface area contributed by atoms with Gasteiger partial charge in [0.05, 0.1) is 0 Å². The Morgan fingerprint density at radius 1 is 1.44 bits per heavy atom. The number of aryl methyl sites for hydroxylation is 1. The third kappa shape index (κ3) is 1.27. The lowest BCUT2D eigenvalue weighted by Gasteiger charge is -2.00. The van der Waals surface area contributed by atoms with Gasteiger partial charge in [-0.3, -0.25) is 0 Å². The highest BCUT2D eigenvalue weighted by atomic mass is 27.0. The first-order valence-electron chi connectivity index (χ1n) is 2.76. The molecule has 0 aliphatic carbocycles. The molecule has 0 unspecified atom stereocenters. The number of hydrogen-bond acceptors (Lipinski definition) is 1. The fraction of sp³-hybridized carbons (Fsp3) is 0.143. The Bertz CT molecular complexity index is 200. The standard InChI is InChI=1S/C7H7O.Al/c1-6-4-2-3-5-7(6)8;/h2-4,8H,1H3;. The Balaban J connectivity index is 3.25. The van der Waals surface area contributed by atoms with Gasteiger partial charge in [-0.25, -0.2) is 0 Å². The van der Waals surface area contributed by atoms with Crippen molar-refractivity contribution in [3.05, 3.63) is 23.8 Å². The summed E-state index contributed by atoms with van der Waals surface area (Å²) in [6, 6.07) is 5.65. The van der Waals surface area contributed by atoms with Crippen LogP contribution in [0.2, 0.25) is 0 Å². The molecule has 0 aliphatic heterocycles. The van der Waals surface area contributed by atoms with E-state index in [0.717, 1.165) is 9.99 Å². The molecule has 0 heterocycles. The molecule has 0 saturated carbocycles. The zero-order chi connectivity index (χ0) is 6.85. The van der Waals surface area contributed by atoms with Gasteiger partial charge in [-0.05, 0) is 12.5 Å². The van der Waals surface area contributed by atoms with E-state index in [2.05, 4.69) is 16.3 Å². The molecule has 0 spiro atoms. The van der Waals surface area contributed by atoms with Crippen LogP contribution in [0.4, 0.5) is 0 Å². The minimum atomic E-state index is 0.377. The van der Waals surface area contributed by atoms with Gasteiger partial charge in [0.15, 0.2) is 16.3 Å². The molecule has 1 nitrogen and oxygen atoms in total. The predicted octanol–water partition coefficient (Wildman–Crippen LogP) is 0.494. The predicted molar refractivity (Wildman–Crippen MR) is 38.2 cm³/mol. The lowest BCUT2D eigenvalue weighted by atomic mass is 10.2. The van der Waals surface area contributed by atoms with Crippen molar-refractivity contribution in [1.82, 2.24) is 0 Å². The van der Waals surface area contributed by atoms with Crippen molar-refractivity contribution in [2.24, 2.45) is 0 Å². The molecule has 1 rings (SSSR count). The SMILES string of the molecule is Cc1ccc[c]([Al])c1O. The van der Waals surface area contributed by atoms with E-state index >= 15 is 0 Å². The first kappa shape index (κ1) is 6.67. The number of aromatic hydroxyl groups is 1. The minimum absolute atomic E-state index is 0.377. The van der Waals surface area contributed by atoms with E-state index in [1.807, 2.05) is 25.1 Å². The van der Waals surface area contributed by atoms with E-state index in [1.54, 1.807) is 0 Å².